The molecule has 1 aromatic heterocycles. The second-order valence-electron chi connectivity index (χ2n) is 4.45. The lowest BCUT2D eigenvalue weighted by molar-refractivity contribution is -0.111. The molecule has 104 valence electrons. The molecule has 0 spiro atoms. The van der Waals surface area contributed by atoms with Crippen LogP contribution in [0.4, 0.5) is 0 Å². The second-order valence-corrected chi connectivity index (χ2v) is 4.89. The number of aromatic nitrogens is 4. The summed E-state index contributed by atoms with van der Waals surface area (Å²) in [5, 5.41) is 12.1. The van der Waals surface area contributed by atoms with E-state index < -0.39 is 0 Å². The minimum atomic E-state index is -0.108. The Bertz CT molecular complexity index is 645. The fraction of sp³-hybridized carbons (Fsp3) is 0.231. The minimum absolute atomic E-state index is 0.108. The molecule has 1 heterocycles. The molecule has 2 aromatic rings. The van der Waals surface area contributed by atoms with Gasteiger partial charge in [0.15, 0.2) is 11.6 Å². The van der Waals surface area contributed by atoms with Gasteiger partial charge in [-0.25, -0.2) is 0 Å². The van der Waals surface area contributed by atoms with E-state index in [9.17, 15) is 4.79 Å². The molecule has 0 saturated heterocycles. The summed E-state index contributed by atoms with van der Waals surface area (Å²) in [5.74, 6) is 0.289. The molecule has 7 heteroatoms. The number of hydrogen-bond donors (Lipinski definition) is 0. The number of halogens is 1. The van der Waals surface area contributed by atoms with Crippen LogP contribution in [0.1, 0.15) is 12.7 Å². The molecule has 0 aliphatic heterocycles. The summed E-state index contributed by atoms with van der Waals surface area (Å²) in [6.45, 7) is 1.48. The number of carbonyl (C=O) groups excluding carboxylic acids is 1. The van der Waals surface area contributed by atoms with Gasteiger partial charge in [-0.15, -0.1) is 5.10 Å². The van der Waals surface area contributed by atoms with Crippen LogP contribution in [0.5, 0.6) is 0 Å². The normalized spacial score (nSPS) is 11.5. The first-order valence-electron chi connectivity index (χ1n) is 5.93. The van der Waals surface area contributed by atoms with Crippen molar-refractivity contribution in [3.8, 4) is 5.69 Å². The first kappa shape index (κ1) is 14.2. The third-order valence-corrected chi connectivity index (χ3v) is 2.80. The van der Waals surface area contributed by atoms with Crippen LogP contribution in [0.25, 0.3) is 11.3 Å². The van der Waals surface area contributed by atoms with Crippen molar-refractivity contribution in [2.24, 2.45) is 0 Å². The molecule has 20 heavy (non-hydrogen) atoms. The Morgan fingerprint density at radius 3 is 2.50 bits per heavy atom. The van der Waals surface area contributed by atoms with Crippen LogP contribution in [-0.4, -0.2) is 45.0 Å². The molecule has 0 saturated carbocycles. The molecular weight excluding hydrogens is 278 g/mol. The van der Waals surface area contributed by atoms with Gasteiger partial charge in [-0.2, -0.15) is 4.68 Å². The van der Waals surface area contributed by atoms with Crippen LogP contribution in [0.3, 0.4) is 0 Å². The van der Waals surface area contributed by atoms with Crippen LogP contribution in [0.15, 0.2) is 30.5 Å². The number of hydrogen-bond acceptors (Lipinski definition) is 5. The Labute approximate surface area is 121 Å². The van der Waals surface area contributed by atoms with Gasteiger partial charge in [-0.05, 0) is 41.6 Å². The van der Waals surface area contributed by atoms with Crippen molar-refractivity contribution in [1.82, 2.24) is 25.1 Å². The third kappa shape index (κ3) is 3.03. The van der Waals surface area contributed by atoms with E-state index in [1.807, 2.05) is 14.1 Å². The number of nitrogens with zero attached hydrogens (tertiary/aromatic N) is 5. The van der Waals surface area contributed by atoms with Crippen molar-refractivity contribution >= 4 is 23.0 Å². The van der Waals surface area contributed by atoms with Gasteiger partial charge in [0.1, 0.15) is 0 Å². The zero-order valence-corrected chi connectivity index (χ0v) is 12.2. The molecule has 0 bridgehead atoms. The van der Waals surface area contributed by atoms with Crippen molar-refractivity contribution in [2.75, 3.05) is 14.1 Å². The molecule has 0 aliphatic carbocycles. The highest BCUT2D eigenvalue weighted by atomic mass is 35.5. The number of allylic oxidation sites excluding steroid dienone is 1. The van der Waals surface area contributed by atoms with Gasteiger partial charge in [0.05, 0.1) is 11.3 Å². The maximum atomic E-state index is 11.8. The van der Waals surface area contributed by atoms with Crippen molar-refractivity contribution in [3.63, 3.8) is 0 Å². The maximum absolute atomic E-state index is 11.8. The highest BCUT2D eigenvalue weighted by Crippen LogP contribution is 2.18. The van der Waals surface area contributed by atoms with Gasteiger partial charge in [-0.3, -0.25) is 4.79 Å². The van der Waals surface area contributed by atoms with E-state index in [2.05, 4.69) is 15.5 Å². The van der Waals surface area contributed by atoms with E-state index in [1.54, 1.807) is 35.4 Å². The molecule has 1 aromatic carbocycles. The molecular formula is C13H14ClN5O. The SMILES string of the molecule is CC(=O)/C(=C\N(C)C)c1nnnn1-c1ccc(Cl)cc1. The van der Waals surface area contributed by atoms with Crippen molar-refractivity contribution in [1.29, 1.82) is 0 Å². The van der Waals surface area contributed by atoms with Crippen LogP contribution in [0.2, 0.25) is 5.02 Å². The molecule has 0 aliphatic rings. The van der Waals surface area contributed by atoms with E-state index in [4.69, 9.17) is 11.6 Å². The average molecular weight is 292 g/mol. The molecule has 0 atom stereocenters. The van der Waals surface area contributed by atoms with Crippen molar-refractivity contribution < 1.29 is 4.79 Å². The zero-order chi connectivity index (χ0) is 14.7. The Kier molecular flexibility index (Phi) is 4.14. The summed E-state index contributed by atoms with van der Waals surface area (Å²) >= 11 is 5.86. The van der Waals surface area contributed by atoms with Crippen LogP contribution < -0.4 is 0 Å². The smallest absolute Gasteiger partial charge is 0.192 e. The summed E-state index contributed by atoms with van der Waals surface area (Å²) in [4.78, 5) is 13.6. The zero-order valence-electron chi connectivity index (χ0n) is 11.4. The van der Waals surface area contributed by atoms with Crippen LogP contribution in [-0.2, 0) is 4.79 Å². The quantitative estimate of drug-likeness (QED) is 0.804. The molecule has 2 rings (SSSR count). The van der Waals surface area contributed by atoms with E-state index in [1.165, 1.54) is 11.6 Å². The molecule has 0 amide bonds. The second kappa shape index (κ2) is 5.83. The van der Waals surface area contributed by atoms with Gasteiger partial charge < -0.3 is 4.90 Å². The topological polar surface area (TPSA) is 63.9 Å². The summed E-state index contributed by atoms with van der Waals surface area (Å²) in [7, 11) is 3.67. The molecule has 0 radical (unpaired) electrons. The van der Waals surface area contributed by atoms with Gasteiger partial charge in [-0.1, -0.05) is 11.6 Å². The fourth-order valence-electron chi connectivity index (χ4n) is 1.68. The summed E-state index contributed by atoms with van der Waals surface area (Å²) in [6.07, 6.45) is 1.69. The largest absolute Gasteiger partial charge is 0.383 e. The predicted octanol–water partition coefficient (Wildman–Crippen LogP) is 1.81. The molecule has 0 N–H and O–H groups in total. The average Bonchev–Trinajstić information content (AvgIpc) is 2.85. The minimum Gasteiger partial charge on any atom is -0.383 e. The lowest BCUT2D eigenvalue weighted by Crippen LogP contribution is -2.11. The lowest BCUT2D eigenvalue weighted by Gasteiger charge is -2.10. The van der Waals surface area contributed by atoms with Crippen LogP contribution in [0, 0.1) is 0 Å². The fourth-order valence-corrected chi connectivity index (χ4v) is 1.80. The number of ketones is 1. The van der Waals surface area contributed by atoms with Crippen molar-refractivity contribution in [2.45, 2.75) is 6.92 Å². The van der Waals surface area contributed by atoms with E-state index >= 15 is 0 Å². The number of tetrazole rings is 1. The Balaban J connectivity index is 2.51. The lowest BCUT2D eigenvalue weighted by atomic mass is 10.2. The standard InChI is InChI=1S/C13H14ClN5O/c1-9(20)12(8-18(2)3)13-15-16-17-19(13)11-6-4-10(14)5-7-11/h4-8H,1-3H3/b12-8+. The Morgan fingerprint density at radius 1 is 1.30 bits per heavy atom. The Hall–Kier alpha value is -2.21. The molecule has 6 nitrogen and oxygen atoms in total. The first-order valence-corrected chi connectivity index (χ1v) is 6.30. The summed E-state index contributed by atoms with van der Waals surface area (Å²) in [6, 6.07) is 7.06. The first-order chi connectivity index (χ1) is 9.49. The summed E-state index contributed by atoms with van der Waals surface area (Å²) < 4.78 is 1.51. The highest BCUT2D eigenvalue weighted by molar-refractivity contribution is 6.30. The maximum Gasteiger partial charge on any atom is 0.192 e. The molecule has 0 unspecified atom stereocenters. The number of rotatable bonds is 4. The van der Waals surface area contributed by atoms with Gasteiger partial charge >= 0.3 is 0 Å². The van der Waals surface area contributed by atoms with Gasteiger partial charge in [0, 0.05) is 25.3 Å². The van der Waals surface area contributed by atoms with Gasteiger partial charge in [0.25, 0.3) is 0 Å². The Morgan fingerprint density at radius 2 is 1.95 bits per heavy atom. The number of benzene rings is 1. The number of Topliss-reactive ketones (excluding diaryl/α,β-unsaturated/α-hetero) is 1. The summed E-state index contributed by atoms with van der Waals surface area (Å²) in [5.41, 5.74) is 1.18. The predicted molar refractivity (Wildman–Crippen MR) is 76.5 cm³/mol. The van der Waals surface area contributed by atoms with E-state index in [-0.39, 0.29) is 5.78 Å². The van der Waals surface area contributed by atoms with Gasteiger partial charge in [0.2, 0.25) is 0 Å². The van der Waals surface area contributed by atoms with E-state index in [0.29, 0.717) is 16.4 Å². The molecule has 0 fully saturated rings. The third-order valence-electron chi connectivity index (χ3n) is 2.55. The monoisotopic (exact) mass is 291 g/mol. The number of carbonyl (C=O) groups is 1. The van der Waals surface area contributed by atoms with E-state index in [0.717, 1.165) is 5.69 Å². The highest BCUT2D eigenvalue weighted by Gasteiger charge is 2.17. The van der Waals surface area contributed by atoms with Crippen LogP contribution >= 0.6 is 11.6 Å². The van der Waals surface area contributed by atoms with Crippen molar-refractivity contribution in [3.05, 3.63) is 41.3 Å².